The minimum atomic E-state index is -2.36. The summed E-state index contributed by atoms with van der Waals surface area (Å²) in [6.07, 6.45) is -0.448. The number of halogens is 1. The number of imidazole rings is 1. The Morgan fingerprint density at radius 2 is 2.30 bits per heavy atom. The molecule has 0 spiro atoms. The molecule has 0 aromatic carbocycles. The second kappa shape index (κ2) is 5.99. The van der Waals surface area contributed by atoms with Gasteiger partial charge in [0.05, 0.1) is 6.33 Å². The molecule has 9 nitrogen and oxygen atoms in total. The maximum atomic E-state index is 11.7. The van der Waals surface area contributed by atoms with Crippen LogP contribution in [0, 0.1) is 0 Å². The second-order valence-corrected chi connectivity index (χ2v) is 9.58. The van der Waals surface area contributed by atoms with Gasteiger partial charge in [-0.25, -0.2) is 4.98 Å². The molecule has 1 saturated heterocycles. The molecule has 1 aliphatic heterocycles. The number of nitrogen functional groups attached to an aromatic ring is 1. The number of aliphatic hydroxyl groups excluding tert-OH is 1. The summed E-state index contributed by atoms with van der Waals surface area (Å²) in [5.74, 6) is 0.169. The van der Waals surface area contributed by atoms with Crippen molar-refractivity contribution < 1.29 is 19.1 Å². The van der Waals surface area contributed by atoms with Crippen molar-refractivity contribution in [1.29, 1.82) is 0 Å². The summed E-state index contributed by atoms with van der Waals surface area (Å²) in [6.45, 7) is 3.22. The molecule has 1 fully saturated rings. The van der Waals surface area contributed by atoms with Crippen molar-refractivity contribution in [2.24, 2.45) is 0 Å². The van der Waals surface area contributed by atoms with Crippen LogP contribution in [0.3, 0.4) is 0 Å². The molecule has 0 aliphatic carbocycles. The van der Waals surface area contributed by atoms with E-state index in [1.807, 2.05) is 0 Å². The molecule has 0 amide bonds. The number of hydrogen-bond donors (Lipinski definition) is 2. The van der Waals surface area contributed by atoms with Crippen LogP contribution in [-0.2, 0) is 14.0 Å². The lowest BCUT2D eigenvalue weighted by Gasteiger charge is -2.17. The number of rotatable bonds is 4. The fourth-order valence-electron chi connectivity index (χ4n) is 2.32. The molecule has 3 rings (SSSR count). The smallest absolute Gasteiger partial charge is 0.226 e. The molecule has 0 unspecified atom stereocenters. The average Bonchev–Trinajstić information content (AvgIpc) is 2.99. The van der Waals surface area contributed by atoms with E-state index < -0.39 is 25.8 Å². The summed E-state index contributed by atoms with van der Waals surface area (Å²) in [5.41, 5.74) is 6.58. The zero-order chi connectivity index (χ0) is 16.8. The fraction of sp³-hybridized carbons (Fsp3) is 0.583. The van der Waals surface area contributed by atoms with Crippen LogP contribution in [0.1, 0.15) is 12.6 Å². The van der Waals surface area contributed by atoms with E-state index in [4.69, 9.17) is 26.8 Å². The van der Waals surface area contributed by atoms with Crippen molar-refractivity contribution in [2.75, 3.05) is 25.4 Å². The Hall–Kier alpha value is -1.25. The fourth-order valence-corrected chi connectivity index (χ4v) is 3.00. The predicted octanol–water partition coefficient (Wildman–Crippen LogP) is 1.26. The molecule has 0 radical (unpaired) electrons. The van der Waals surface area contributed by atoms with Crippen LogP contribution in [0.2, 0.25) is 5.28 Å². The molecule has 11 heteroatoms. The van der Waals surface area contributed by atoms with Crippen molar-refractivity contribution in [2.45, 2.75) is 25.0 Å². The number of fused-ring (bicyclic) bond motifs is 1. The number of aromatic nitrogens is 4. The van der Waals surface area contributed by atoms with Crippen LogP contribution in [0.4, 0.5) is 5.82 Å². The lowest BCUT2D eigenvalue weighted by molar-refractivity contribution is -0.165. The van der Waals surface area contributed by atoms with Crippen molar-refractivity contribution in [3.8, 4) is 0 Å². The van der Waals surface area contributed by atoms with Gasteiger partial charge in [-0.05, 0) is 24.9 Å². The molecule has 3 atom stereocenters. The normalized spacial score (nSPS) is 25.3. The minimum Gasteiger partial charge on any atom is -0.388 e. The van der Waals surface area contributed by atoms with E-state index in [9.17, 15) is 9.67 Å². The van der Waals surface area contributed by atoms with Gasteiger partial charge in [-0.3, -0.25) is 4.57 Å². The largest absolute Gasteiger partial charge is 0.388 e. The summed E-state index contributed by atoms with van der Waals surface area (Å²) in [5, 5.41) is 10.1. The van der Waals surface area contributed by atoms with Gasteiger partial charge in [0.15, 0.2) is 17.8 Å². The lowest BCUT2D eigenvalue weighted by atomic mass is 10.2. The topological polar surface area (TPSA) is 125 Å². The Morgan fingerprint density at radius 3 is 3.00 bits per heavy atom. The van der Waals surface area contributed by atoms with Gasteiger partial charge in [0.2, 0.25) is 5.28 Å². The molecule has 1 aliphatic rings. The molecule has 126 valence electrons. The van der Waals surface area contributed by atoms with Crippen LogP contribution < -0.4 is 5.73 Å². The van der Waals surface area contributed by atoms with Gasteiger partial charge in [0.1, 0.15) is 31.3 Å². The van der Waals surface area contributed by atoms with E-state index >= 15 is 0 Å². The van der Waals surface area contributed by atoms with E-state index in [0.717, 1.165) is 0 Å². The molecule has 2 aromatic rings. The highest BCUT2D eigenvalue weighted by Gasteiger charge is 2.37. The summed E-state index contributed by atoms with van der Waals surface area (Å²) in [7, 11) is -2.36. The quantitative estimate of drug-likeness (QED) is 0.616. The minimum absolute atomic E-state index is 0.000926. The molecule has 0 saturated carbocycles. The van der Waals surface area contributed by atoms with Crippen molar-refractivity contribution in [1.82, 2.24) is 19.5 Å². The van der Waals surface area contributed by atoms with E-state index in [1.54, 1.807) is 17.9 Å². The Bertz CT molecular complexity index is 778. The second-order valence-electron chi connectivity index (χ2n) is 5.83. The number of aliphatic hydroxyl groups is 1. The predicted molar refractivity (Wildman–Crippen MR) is 84.7 cm³/mol. The van der Waals surface area contributed by atoms with Gasteiger partial charge in [-0.2, -0.15) is 9.97 Å². The first-order valence-electron chi connectivity index (χ1n) is 6.89. The maximum absolute atomic E-state index is 11.7. The van der Waals surface area contributed by atoms with E-state index in [0.29, 0.717) is 11.2 Å². The van der Waals surface area contributed by atoms with Gasteiger partial charge in [0, 0.05) is 6.42 Å². The van der Waals surface area contributed by atoms with Crippen molar-refractivity contribution in [3.63, 3.8) is 0 Å². The Kier molecular flexibility index (Phi) is 4.33. The van der Waals surface area contributed by atoms with E-state index in [-0.39, 0.29) is 23.9 Å². The van der Waals surface area contributed by atoms with Crippen LogP contribution in [0.25, 0.3) is 11.2 Å². The first-order valence-corrected chi connectivity index (χ1v) is 10.1. The Labute approximate surface area is 137 Å². The molecule has 23 heavy (non-hydrogen) atoms. The third kappa shape index (κ3) is 3.49. The van der Waals surface area contributed by atoms with Gasteiger partial charge in [-0.1, -0.05) is 0 Å². The maximum Gasteiger partial charge on any atom is 0.226 e. The number of nitrogens with two attached hydrogens (primary N) is 1. The Morgan fingerprint density at radius 1 is 1.57 bits per heavy atom. The zero-order valence-corrected chi connectivity index (χ0v) is 14.2. The van der Waals surface area contributed by atoms with Crippen LogP contribution in [-0.4, -0.2) is 56.7 Å². The number of ether oxygens (including phenoxy) is 2. The summed E-state index contributed by atoms with van der Waals surface area (Å²) in [4.78, 5) is 12.1. The Balaban J connectivity index is 1.82. The van der Waals surface area contributed by atoms with Gasteiger partial charge < -0.3 is 24.9 Å². The highest BCUT2D eigenvalue weighted by atomic mass is 35.5. The molecular weight excluding hydrogens is 345 g/mol. The summed E-state index contributed by atoms with van der Waals surface area (Å²) in [6, 6.07) is 0. The lowest BCUT2D eigenvalue weighted by Crippen LogP contribution is -2.24. The van der Waals surface area contributed by atoms with Crippen LogP contribution in [0.15, 0.2) is 6.33 Å². The average molecular weight is 362 g/mol. The number of anilines is 1. The molecule has 3 N–H and O–H groups in total. The van der Waals surface area contributed by atoms with Gasteiger partial charge >= 0.3 is 0 Å². The third-order valence-electron chi connectivity index (χ3n) is 3.33. The molecule has 0 bridgehead atoms. The first-order chi connectivity index (χ1) is 10.7. The number of hydrogen-bond acceptors (Lipinski definition) is 8. The standard InChI is InChI=1S/C12H17ClN5O4P/c1-23(2,20)5-21-11-6(19)3-7(22-11)18-4-15-8-9(14)16-12(13)17-10(8)18/h4,6-7,11,19H,3,5H2,1-2H3,(H2,14,16,17)/t6-,7+,11-/m0/s1. The zero-order valence-electron chi connectivity index (χ0n) is 12.6. The van der Waals surface area contributed by atoms with Crippen molar-refractivity contribution >= 4 is 35.7 Å². The summed E-state index contributed by atoms with van der Waals surface area (Å²) < 4.78 is 24.4. The first kappa shape index (κ1) is 16.6. The number of nitrogens with zero attached hydrogens (tertiary/aromatic N) is 4. The van der Waals surface area contributed by atoms with Crippen molar-refractivity contribution in [3.05, 3.63) is 11.6 Å². The van der Waals surface area contributed by atoms with Gasteiger partial charge in [0.25, 0.3) is 0 Å². The highest BCUT2D eigenvalue weighted by molar-refractivity contribution is 7.62. The third-order valence-corrected chi connectivity index (χ3v) is 4.27. The van der Waals surface area contributed by atoms with E-state index in [1.165, 1.54) is 6.33 Å². The molecule has 2 aromatic heterocycles. The molecule has 3 heterocycles. The molecular formula is C12H17ClN5O4P. The van der Waals surface area contributed by atoms with Crippen LogP contribution in [0.5, 0.6) is 0 Å². The van der Waals surface area contributed by atoms with Crippen LogP contribution >= 0.6 is 18.7 Å². The highest BCUT2D eigenvalue weighted by Crippen LogP contribution is 2.38. The summed E-state index contributed by atoms with van der Waals surface area (Å²) >= 11 is 5.83. The van der Waals surface area contributed by atoms with E-state index in [2.05, 4.69) is 15.0 Å². The van der Waals surface area contributed by atoms with Gasteiger partial charge in [-0.15, -0.1) is 0 Å². The monoisotopic (exact) mass is 361 g/mol. The SMILES string of the molecule is CP(C)(=O)CO[C@H]1O[C@@H](n2cnc3c(N)nc(Cl)nc32)C[C@@H]1O.